The van der Waals surface area contributed by atoms with Gasteiger partial charge in [-0.25, -0.2) is 8.42 Å². The first kappa shape index (κ1) is 17.0. The Balaban J connectivity index is 1.33. The third kappa shape index (κ3) is 3.34. The van der Waals surface area contributed by atoms with Crippen LogP contribution >= 0.6 is 0 Å². The summed E-state index contributed by atoms with van der Waals surface area (Å²) in [5.41, 5.74) is 0. The summed E-state index contributed by atoms with van der Waals surface area (Å²) >= 11 is 0. The van der Waals surface area contributed by atoms with Gasteiger partial charge in [-0.2, -0.15) is 4.31 Å². The highest BCUT2D eigenvalue weighted by molar-refractivity contribution is 7.89. The normalized spacial score (nSPS) is 30.5. The van der Waals surface area contributed by atoms with E-state index in [0.29, 0.717) is 42.8 Å². The average Bonchev–Trinajstić information content (AvgIpc) is 3.25. The summed E-state index contributed by atoms with van der Waals surface area (Å²) in [5.74, 6) is 1.57. The van der Waals surface area contributed by atoms with Crippen LogP contribution in [-0.4, -0.2) is 37.8 Å². The van der Waals surface area contributed by atoms with Crippen LogP contribution in [0.4, 0.5) is 0 Å². The topological polar surface area (TPSA) is 66.5 Å². The van der Waals surface area contributed by atoms with Gasteiger partial charge in [-0.3, -0.25) is 4.79 Å². The molecule has 0 radical (unpaired) electrons. The molecule has 1 aromatic rings. The first-order chi connectivity index (χ1) is 12.0. The molecule has 4 rings (SSSR count). The van der Waals surface area contributed by atoms with Crippen molar-refractivity contribution < 1.29 is 13.2 Å². The Morgan fingerprint density at radius 3 is 2.32 bits per heavy atom. The van der Waals surface area contributed by atoms with Crippen molar-refractivity contribution in [1.82, 2.24) is 9.62 Å². The quantitative estimate of drug-likeness (QED) is 0.894. The Morgan fingerprint density at radius 2 is 1.72 bits per heavy atom. The SMILES string of the molecule is O=C(N[C@@H]1C[C@H]2CC[C@H]1C2)C1CCN(S(=O)(=O)c2ccccc2)CC1. The number of piperidine rings is 1. The summed E-state index contributed by atoms with van der Waals surface area (Å²) in [6, 6.07) is 8.90. The van der Waals surface area contributed by atoms with Crippen molar-refractivity contribution in [2.75, 3.05) is 13.1 Å². The second kappa shape index (κ2) is 6.72. The molecule has 1 amide bonds. The summed E-state index contributed by atoms with van der Waals surface area (Å²) in [4.78, 5) is 12.9. The van der Waals surface area contributed by atoms with Crippen molar-refractivity contribution in [2.24, 2.45) is 17.8 Å². The Bertz CT molecular complexity index is 726. The third-order valence-electron chi connectivity index (χ3n) is 6.27. The molecule has 0 unspecified atom stereocenters. The predicted octanol–water partition coefficient (Wildman–Crippen LogP) is 2.39. The Labute approximate surface area is 149 Å². The Morgan fingerprint density at radius 1 is 1.00 bits per heavy atom. The number of nitrogens with zero attached hydrogens (tertiary/aromatic N) is 1. The lowest BCUT2D eigenvalue weighted by molar-refractivity contribution is -0.127. The fraction of sp³-hybridized carbons (Fsp3) is 0.632. The van der Waals surface area contributed by atoms with E-state index in [-0.39, 0.29) is 11.8 Å². The minimum absolute atomic E-state index is 0.0543. The first-order valence-electron chi connectivity index (χ1n) is 9.39. The third-order valence-corrected chi connectivity index (χ3v) is 8.18. The largest absolute Gasteiger partial charge is 0.353 e. The lowest BCUT2D eigenvalue weighted by Crippen LogP contribution is -2.46. The van der Waals surface area contributed by atoms with Gasteiger partial charge in [-0.05, 0) is 56.1 Å². The van der Waals surface area contributed by atoms with Gasteiger partial charge in [-0.15, -0.1) is 0 Å². The zero-order chi connectivity index (χ0) is 17.4. The van der Waals surface area contributed by atoms with Crippen molar-refractivity contribution in [1.29, 1.82) is 0 Å². The van der Waals surface area contributed by atoms with Crippen molar-refractivity contribution in [3.05, 3.63) is 30.3 Å². The monoisotopic (exact) mass is 362 g/mol. The van der Waals surface area contributed by atoms with Crippen LogP contribution in [0.1, 0.15) is 38.5 Å². The highest BCUT2D eigenvalue weighted by Crippen LogP contribution is 2.44. The predicted molar refractivity (Wildman–Crippen MR) is 95.3 cm³/mol. The van der Waals surface area contributed by atoms with Crippen LogP contribution in [0.5, 0.6) is 0 Å². The average molecular weight is 362 g/mol. The lowest BCUT2D eigenvalue weighted by Gasteiger charge is -2.32. The zero-order valence-corrected chi connectivity index (χ0v) is 15.2. The molecule has 3 aliphatic rings. The van der Waals surface area contributed by atoms with Gasteiger partial charge in [0.1, 0.15) is 0 Å². The maximum Gasteiger partial charge on any atom is 0.243 e. The second-order valence-corrected chi connectivity index (χ2v) is 9.72. The molecule has 0 spiro atoms. The van der Waals surface area contributed by atoms with E-state index >= 15 is 0 Å². The summed E-state index contributed by atoms with van der Waals surface area (Å²) in [7, 11) is -3.44. The highest BCUT2D eigenvalue weighted by Gasteiger charge is 2.41. The molecule has 1 aromatic carbocycles. The van der Waals surface area contributed by atoms with E-state index in [2.05, 4.69) is 5.32 Å². The number of benzene rings is 1. The number of carbonyl (C=O) groups is 1. The molecular weight excluding hydrogens is 336 g/mol. The molecule has 1 saturated heterocycles. The molecule has 2 aliphatic carbocycles. The number of carbonyl (C=O) groups excluding carboxylic acids is 1. The zero-order valence-electron chi connectivity index (χ0n) is 14.4. The van der Waals surface area contributed by atoms with E-state index in [1.54, 1.807) is 24.3 Å². The molecule has 2 bridgehead atoms. The van der Waals surface area contributed by atoms with E-state index in [1.807, 2.05) is 6.07 Å². The van der Waals surface area contributed by atoms with Crippen molar-refractivity contribution in [3.8, 4) is 0 Å². The number of sulfonamides is 1. The molecule has 3 fully saturated rings. The molecule has 1 heterocycles. The maximum atomic E-state index is 12.7. The van der Waals surface area contributed by atoms with E-state index in [4.69, 9.17) is 0 Å². The number of hydrogen-bond donors (Lipinski definition) is 1. The minimum Gasteiger partial charge on any atom is -0.353 e. The minimum atomic E-state index is -3.44. The van der Waals surface area contributed by atoms with Gasteiger partial charge >= 0.3 is 0 Å². The van der Waals surface area contributed by atoms with E-state index in [1.165, 1.54) is 23.6 Å². The molecular formula is C19H26N2O3S. The Hall–Kier alpha value is -1.40. The van der Waals surface area contributed by atoms with Gasteiger partial charge < -0.3 is 5.32 Å². The van der Waals surface area contributed by atoms with Crippen LogP contribution in [0.15, 0.2) is 35.2 Å². The highest BCUT2D eigenvalue weighted by atomic mass is 32.2. The van der Waals surface area contributed by atoms with Crippen LogP contribution in [0.2, 0.25) is 0 Å². The molecule has 1 N–H and O–H groups in total. The van der Waals surface area contributed by atoms with Crippen LogP contribution in [0.25, 0.3) is 0 Å². The molecule has 6 heteroatoms. The molecule has 136 valence electrons. The van der Waals surface area contributed by atoms with Crippen LogP contribution < -0.4 is 5.32 Å². The van der Waals surface area contributed by atoms with E-state index in [0.717, 1.165) is 12.3 Å². The summed E-state index contributed by atoms with van der Waals surface area (Å²) in [6.07, 6.45) is 6.21. The number of fused-ring (bicyclic) bond motifs is 2. The molecule has 5 nitrogen and oxygen atoms in total. The van der Waals surface area contributed by atoms with E-state index < -0.39 is 10.0 Å². The summed E-state index contributed by atoms with van der Waals surface area (Å²) in [6.45, 7) is 0.845. The molecule has 0 aromatic heterocycles. The van der Waals surface area contributed by atoms with Gasteiger partial charge in [0.15, 0.2) is 0 Å². The summed E-state index contributed by atoms with van der Waals surface area (Å²) < 4.78 is 26.8. The van der Waals surface area contributed by atoms with E-state index in [9.17, 15) is 13.2 Å². The molecule has 1 aliphatic heterocycles. The standard InChI is InChI=1S/C19H26N2O3S/c22-19(20-18-13-14-6-7-16(18)12-14)15-8-10-21(11-9-15)25(23,24)17-4-2-1-3-5-17/h1-5,14-16,18H,6-13H2,(H,20,22)/t14-,16-,18+/m0/s1. The van der Waals surface area contributed by atoms with Crippen LogP contribution in [0.3, 0.4) is 0 Å². The fourth-order valence-electron chi connectivity index (χ4n) is 4.82. The van der Waals surface area contributed by atoms with Gasteiger partial charge in [0.05, 0.1) is 4.90 Å². The number of nitrogens with one attached hydrogen (secondary N) is 1. The molecule has 3 atom stereocenters. The van der Waals surface area contributed by atoms with Crippen molar-refractivity contribution in [2.45, 2.75) is 49.5 Å². The number of hydrogen-bond acceptors (Lipinski definition) is 3. The lowest BCUT2D eigenvalue weighted by atomic mass is 9.93. The Kier molecular flexibility index (Phi) is 4.58. The maximum absolute atomic E-state index is 12.7. The van der Waals surface area contributed by atoms with Gasteiger partial charge in [-0.1, -0.05) is 24.6 Å². The summed E-state index contributed by atoms with van der Waals surface area (Å²) in [5, 5.41) is 3.26. The fourth-order valence-corrected chi connectivity index (χ4v) is 6.31. The smallest absolute Gasteiger partial charge is 0.243 e. The number of rotatable bonds is 4. The van der Waals surface area contributed by atoms with Gasteiger partial charge in [0, 0.05) is 25.0 Å². The van der Waals surface area contributed by atoms with Crippen molar-refractivity contribution >= 4 is 15.9 Å². The first-order valence-corrected chi connectivity index (χ1v) is 10.8. The second-order valence-electron chi connectivity index (χ2n) is 7.78. The van der Waals surface area contributed by atoms with Gasteiger partial charge in [0.25, 0.3) is 0 Å². The molecule has 25 heavy (non-hydrogen) atoms. The number of amides is 1. The van der Waals surface area contributed by atoms with Gasteiger partial charge in [0.2, 0.25) is 15.9 Å². The van der Waals surface area contributed by atoms with Crippen LogP contribution in [-0.2, 0) is 14.8 Å². The van der Waals surface area contributed by atoms with Crippen LogP contribution in [0, 0.1) is 17.8 Å². The van der Waals surface area contributed by atoms with Crippen molar-refractivity contribution in [3.63, 3.8) is 0 Å². The molecule has 2 saturated carbocycles.